The Morgan fingerprint density at radius 2 is 1.64 bits per heavy atom. The summed E-state index contributed by atoms with van der Waals surface area (Å²) in [4.78, 5) is 23.7. The number of benzene rings is 1. The number of carbonyl (C=O) groups is 2. The number of furan rings is 1. The quantitative estimate of drug-likeness (QED) is 0.776. The van der Waals surface area contributed by atoms with Gasteiger partial charge in [0.2, 0.25) is 0 Å². The maximum absolute atomic E-state index is 11.9. The van der Waals surface area contributed by atoms with Crippen LogP contribution in [-0.2, 0) is 16.0 Å². The van der Waals surface area contributed by atoms with E-state index >= 15 is 0 Å². The predicted molar refractivity (Wildman–Crippen MR) is 93.4 cm³/mol. The van der Waals surface area contributed by atoms with Crippen molar-refractivity contribution in [3.05, 3.63) is 47.2 Å². The number of esters is 2. The largest absolute Gasteiger partial charge is 0.465 e. The smallest absolute Gasteiger partial charge is 0.337 e. The molecule has 1 heterocycles. The van der Waals surface area contributed by atoms with Gasteiger partial charge in [0.05, 0.1) is 31.9 Å². The first-order valence-corrected chi connectivity index (χ1v) is 8.06. The minimum atomic E-state index is -0.530. The molecule has 2 aromatic rings. The lowest BCUT2D eigenvalue weighted by atomic mass is 10.0. The SMILES string of the molecule is COC(=O)c1cc(C(=O)OC)cc(-c2ccc(CNCC(C)C)o2)c1. The molecule has 0 fully saturated rings. The molecule has 134 valence electrons. The zero-order valence-corrected chi connectivity index (χ0v) is 14.9. The van der Waals surface area contributed by atoms with Gasteiger partial charge in [-0.15, -0.1) is 0 Å². The van der Waals surface area contributed by atoms with Crippen LogP contribution < -0.4 is 5.32 Å². The maximum atomic E-state index is 11.9. The van der Waals surface area contributed by atoms with Crippen LogP contribution in [0, 0.1) is 5.92 Å². The summed E-state index contributed by atoms with van der Waals surface area (Å²) < 4.78 is 15.3. The fourth-order valence-corrected chi connectivity index (χ4v) is 2.35. The molecule has 0 radical (unpaired) electrons. The van der Waals surface area contributed by atoms with Crippen LogP contribution in [0.5, 0.6) is 0 Å². The molecule has 1 aromatic heterocycles. The first-order valence-electron chi connectivity index (χ1n) is 8.06. The van der Waals surface area contributed by atoms with Crippen molar-refractivity contribution in [1.82, 2.24) is 5.32 Å². The summed E-state index contributed by atoms with van der Waals surface area (Å²) in [5, 5.41) is 3.30. The highest BCUT2D eigenvalue weighted by Crippen LogP contribution is 2.25. The van der Waals surface area contributed by atoms with Crippen molar-refractivity contribution < 1.29 is 23.5 Å². The summed E-state index contributed by atoms with van der Waals surface area (Å²) in [6.07, 6.45) is 0. The van der Waals surface area contributed by atoms with Crippen molar-refractivity contribution in [2.75, 3.05) is 20.8 Å². The molecule has 2 rings (SSSR count). The van der Waals surface area contributed by atoms with Crippen LogP contribution in [-0.4, -0.2) is 32.7 Å². The van der Waals surface area contributed by atoms with Gasteiger partial charge in [0.1, 0.15) is 11.5 Å². The van der Waals surface area contributed by atoms with Gasteiger partial charge in [-0.3, -0.25) is 0 Å². The van der Waals surface area contributed by atoms with E-state index in [0.29, 0.717) is 23.8 Å². The fourth-order valence-electron chi connectivity index (χ4n) is 2.35. The van der Waals surface area contributed by atoms with E-state index in [1.807, 2.05) is 12.1 Å². The first-order chi connectivity index (χ1) is 11.9. The van der Waals surface area contributed by atoms with Gasteiger partial charge in [0.25, 0.3) is 0 Å². The second-order valence-corrected chi connectivity index (χ2v) is 6.07. The summed E-state index contributed by atoms with van der Waals surface area (Å²) in [5.41, 5.74) is 1.13. The van der Waals surface area contributed by atoms with Gasteiger partial charge in [-0.1, -0.05) is 13.8 Å². The number of carbonyl (C=O) groups excluding carboxylic acids is 2. The monoisotopic (exact) mass is 345 g/mol. The lowest BCUT2D eigenvalue weighted by molar-refractivity contribution is 0.0599. The number of rotatable bonds is 7. The van der Waals surface area contributed by atoms with Crippen molar-refractivity contribution in [2.45, 2.75) is 20.4 Å². The van der Waals surface area contributed by atoms with Crippen molar-refractivity contribution in [3.63, 3.8) is 0 Å². The van der Waals surface area contributed by atoms with Gasteiger partial charge in [0.15, 0.2) is 0 Å². The van der Waals surface area contributed by atoms with E-state index in [4.69, 9.17) is 13.9 Å². The fraction of sp³-hybridized carbons (Fsp3) is 0.368. The Morgan fingerprint density at radius 3 is 2.16 bits per heavy atom. The van der Waals surface area contributed by atoms with Crippen molar-refractivity contribution in [1.29, 1.82) is 0 Å². The molecule has 0 spiro atoms. The number of ether oxygens (including phenoxy) is 2. The van der Waals surface area contributed by atoms with Gasteiger partial charge < -0.3 is 19.2 Å². The van der Waals surface area contributed by atoms with Gasteiger partial charge in [0, 0.05) is 5.56 Å². The van der Waals surface area contributed by atoms with E-state index in [1.54, 1.807) is 12.1 Å². The Hall–Kier alpha value is -2.60. The molecule has 0 aliphatic carbocycles. The van der Waals surface area contributed by atoms with E-state index in [-0.39, 0.29) is 11.1 Å². The summed E-state index contributed by atoms with van der Waals surface area (Å²) >= 11 is 0. The molecule has 0 amide bonds. The zero-order chi connectivity index (χ0) is 18.4. The molecule has 1 aromatic carbocycles. The van der Waals surface area contributed by atoms with Gasteiger partial charge in [-0.25, -0.2) is 9.59 Å². The molecule has 25 heavy (non-hydrogen) atoms. The second-order valence-electron chi connectivity index (χ2n) is 6.07. The molecule has 0 aliphatic heterocycles. The Labute approximate surface area is 147 Å². The highest BCUT2D eigenvalue weighted by atomic mass is 16.5. The molecular formula is C19H23NO5. The highest BCUT2D eigenvalue weighted by Gasteiger charge is 2.16. The van der Waals surface area contributed by atoms with E-state index < -0.39 is 11.9 Å². The van der Waals surface area contributed by atoms with Crippen LogP contribution in [0.15, 0.2) is 34.7 Å². The molecule has 0 unspecified atom stereocenters. The molecule has 6 heteroatoms. The van der Waals surface area contributed by atoms with Gasteiger partial charge >= 0.3 is 11.9 Å². The standard InChI is InChI=1S/C19H23NO5/c1-12(2)10-20-11-16-5-6-17(25-16)13-7-14(18(21)23-3)9-15(8-13)19(22)24-4/h5-9,12,20H,10-11H2,1-4H3. The second kappa shape index (κ2) is 8.48. The Balaban J connectivity index is 2.29. The molecule has 0 saturated carbocycles. The first kappa shape index (κ1) is 18.7. The van der Waals surface area contributed by atoms with E-state index in [0.717, 1.165) is 12.3 Å². The van der Waals surface area contributed by atoms with Crippen molar-refractivity contribution >= 4 is 11.9 Å². The Morgan fingerprint density at radius 1 is 1.04 bits per heavy atom. The zero-order valence-electron chi connectivity index (χ0n) is 14.9. The van der Waals surface area contributed by atoms with E-state index in [1.165, 1.54) is 20.3 Å². The minimum Gasteiger partial charge on any atom is -0.465 e. The van der Waals surface area contributed by atoms with Crippen LogP contribution in [0.3, 0.4) is 0 Å². The number of methoxy groups -OCH3 is 2. The molecule has 0 saturated heterocycles. The van der Waals surface area contributed by atoms with Crippen LogP contribution in [0.25, 0.3) is 11.3 Å². The lowest BCUT2D eigenvalue weighted by Gasteiger charge is -2.07. The average molecular weight is 345 g/mol. The van der Waals surface area contributed by atoms with E-state index in [9.17, 15) is 9.59 Å². The highest BCUT2D eigenvalue weighted by molar-refractivity contribution is 5.97. The topological polar surface area (TPSA) is 77.8 Å². The maximum Gasteiger partial charge on any atom is 0.337 e. The lowest BCUT2D eigenvalue weighted by Crippen LogP contribution is -2.18. The van der Waals surface area contributed by atoms with Crippen molar-refractivity contribution in [2.24, 2.45) is 5.92 Å². The van der Waals surface area contributed by atoms with Gasteiger partial charge in [-0.2, -0.15) is 0 Å². The third kappa shape index (κ3) is 4.93. The molecule has 6 nitrogen and oxygen atoms in total. The van der Waals surface area contributed by atoms with Crippen LogP contribution >= 0.6 is 0 Å². The Kier molecular flexibility index (Phi) is 6.36. The van der Waals surface area contributed by atoms with Gasteiger partial charge in [-0.05, 0) is 42.8 Å². The predicted octanol–water partition coefficient (Wildman–Crippen LogP) is 3.27. The molecule has 0 aliphatic rings. The van der Waals surface area contributed by atoms with Crippen LogP contribution in [0.1, 0.15) is 40.3 Å². The summed E-state index contributed by atoms with van der Waals surface area (Å²) in [5.74, 6) is 0.833. The molecule has 0 atom stereocenters. The third-order valence-electron chi connectivity index (χ3n) is 3.57. The van der Waals surface area contributed by atoms with Crippen molar-refractivity contribution in [3.8, 4) is 11.3 Å². The number of nitrogens with one attached hydrogen (secondary N) is 1. The third-order valence-corrected chi connectivity index (χ3v) is 3.57. The molecule has 1 N–H and O–H groups in total. The molecule has 0 bridgehead atoms. The normalized spacial score (nSPS) is 10.8. The summed E-state index contributed by atoms with van der Waals surface area (Å²) in [6, 6.07) is 8.37. The average Bonchev–Trinajstić information content (AvgIpc) is 3.08. The summed E-state index contributed by atoms with van der Waals surface area (Å²) in [6.45, 7) is 5.76. The van der Waals surface area contributed by atoms with Crippen LogP contribution in [0.2, 0.25) is 0 Å². The minimum absolute atomic E-state index is 0.260. The van der Waals surface area contributed by atoms with Crippen LogP contribution in [0.4, 0.5) is 0 Å². The number of hydrogen-bond donors (Lipinski definition) is 1. The van der Waals surface area contributed by atoms with E-state index in [2.05, 4.69) is 19.2 Å². The molecular weight excluding hydrogens is 322 g/mol. The summed E-state index contributed by atoms with van der Waals surface area (Å²) in [7, 11) is 2.58. The Bertz CT molecular complexity index is 714. The number of hydrogen-bond acceptors (Lipinski definition) is 6.